The van der Waals surface area contributed by atoms with Gasteiger partial charge in [-0.05, 0) is 18.2 Å². The highest BCUT2D eigenvalue weighted by atomic mass is 35.5. The van der Waals surface area contributed by atoms with Crippen molar-refractivity contribution in [2.45, 2.75) is 5.75 Å². The average Bonchev–Trinajstić information content (AvgIpc) is 3.08. The predicted octanol–water partition coefficient (Wildman–Crippen LogP) is 4.02. The summed E-state index contributed by atoms with van der Waals surface area (Å²) in [6.45, 7) is 0.0833. The molecule has 6 nitrogen and oxygen atoms in total. The second-order valence-corrected chi connectivity index (χ2v) is 7.37. The fraction of sp³-hybridized carbons (Fsp3) is 0.211. The van der Waals surface area contributed by atoms with Gasteiger partial charge in [0.25, 0.3) is 5.91 Å². The summed E-state index contributed by atoms with van der Waals surface area (Å²) < 4.78 is 24.8. The lowest BCUT2D eigenvalue weighted by molar-refractivity contribution is -0.116. The van der Waals surface area contributed by atoms with Crippen LogP contribution < -0.4 is 9.47 Å². The van der Waals surface area contributed by atoms with Crippen LogP contribution in [0.2, 0.25) is 5.02 Å². The molecule has 2 aromatic rings. The zero-order valence-electron chi connectivity index (χ0n) is 15.0. The molecule has 0 N–H and O–H groups in total. The van der Waals surface area contributed by atoms with Gasteiger partial charge in [0.1, 0.15) is 18.2 Å². The Kier molecular flexibility index (Phi) is 4.99. The molecule has 0 radical (unpaired) electrons. The second kappa shape index (κ2) is 7.44. The van der Waals surface area contributed by atoms with E-state index in [2.05, 4.69) is 9.98 Å². The van der Waals surface area contributed by atoms with E-state index in [0.29, 0.717) is 44.3 Å². The van der Waals surface area contributed by atoms with Crippen molar-refractivity contribution in [3.63, 3.8) is 0 Å². The van der Waals surface area contributed by atoms with Gasteiger partial charge < -0.3 is 9.47 Å². The quantitative estimate of drug-likeness (QED) is 0.749. The van der Waals surface area contributed by atoms with E-state index in [4.69, 9.17) is 21.1 Å². The van der Waals surface area contributed by atoms with Crippen LogP contribution >= 0.6 is 23.4 Å². The van der Waals surface area contributed by atoms with Gasteiger partial charge in [0, 0.05) is 28.0 Å². The van der Waals surface area contributed by atoms with E-state index in [1.165, 1.54) is 32.0 Å². The molecule has 1 amide bonds. The smallest absolute Gasteiger partial charge is 0.267 e. The van der Waals surface area contributed by atoms with Gasteiger partial charge in [0.2, 0.25) is 0 Å². The lowest BCUT2D eigenvalue weighted by atomic mass is 10.1. The molecule has 0 aromatic heterocycles. The first-order valence-electron chi connectivity index (χ1n) is 8.31. The molecule has 2 aromatic carbocycles. The van der Waals surface area contributed by atoms with Crippen LogP contribution in [0.1, 0.15) is 11.1 Å². The molecular weight excluding hydrogens is 405 g/mol. The fourth-order valence-corrected chi connectivity index (χ4v) is 4.35. The number of halogens is 2. The van der Waals surface area contributed by atoms with Crippen LogP contribution in [0.15, 0.2) is 40.3 Å². The van der Waals surface area contributed by atoms with Gasteiger partial charge >= 0.3 is 0 Å². The minimum Gasteiger partial charge on any atom is -0.493 e. The number of carbonyl (C=O) groups is 1. The van der Waals surface area contributed by atoms with Crippen molar-refractivity contribution in [2.75, 3.05) is 20.8 Å². The Morgan fingerprint density at radius 3 is 2.68 bits per heavy atom. The van der Waals surface area contributed by atoms with Gasteiger partial charge in [-0.25, -0.2) is 9.38 Å². The molecule has 0 unspecified atom stereocenters. The summed E-state index contributed by atoms with van der Waals surface area (Å²) in [6.07, 6.45) is 0. The third-order valence-electron chi connectivity index (χ3n) is 4.38. The van der Waals surface area contributed by atoms with E-state index in [-0.39, 0.29) is 24.0 Å². The molecule has 0 bridgehead atoms. The molecule has 0 atom stereocenters. The van der Waals surface area contributed by atoms with E-state index >= 15 is 0 Å². The highest BCUT2D eigenvalue weighted by Gasteiger charge is 2.34. The molecule has 2 aliphatic heterocycles. The van der Waals surface area contributed by atoms with E-state index in [1.807, 2.05) is 0 Å². The maximum atomic E-state index is 14.1. The summed E-state index contributed by atoms with van der Waals surface area (Å²) in [5.41, 5.74) is 1.67. The number of aliphatic imine (C=N–C) groups is 2. The lowest BCUT2D eigenvalue weighted by Crippen LogP contribution is -2.36. The number of hydrogen-bond donors (Lipinski definition) is 0. The zero-order chi connectivity index (χ0) is 19.8. The van der Waals surface area contributed by atoms with E-state index in [9.17, 15) is 9.18 Å². The van der Waals surface area contributed by atoms with Crippen molar-refractivity contribution in [1.82, 2.24) is 4.90 Å². The Balaban J connectivity index is 1.73. The molecule has 0 fully saturated rings. The summed E-state index contributed by atoms with van der Waals surface area (Å²) in [5, 5.41) is 0.894. The molecule has 0 spiro atoms. The maximum Gasteiger partial charge on any atom is 0.267 e. The maximum absolute atomic E-state index is 14.1. The molecule has 0 aliphatic carbocycles. The van der Waals surface area contributed by atoms with Crippen molar-refractivity contribution < 1.29 is 18.7 Å². The Hall–Kier alpha value is -2.58. The summed E-state index contributed by atoms with van der Waals surface area (Å²) in [5.74, 6) is 1.16. The third kappa shape index (κ3) is 3.22. The van der Waals surface area contributed by atoms with Gasteiger partial charge in [-0.1, -0.05) is 29.4 Å². The fourth-order valence-electron chi connectivity index (χ4n) is 3.01. The van der Waals surface area contributed by atoms with E-state index < -0.39 is 0 Å². The monoisotopic (exact) mass is 419 g/mol. The van der Waals surface area contributed by atoms with Crippen LogP contribution in [0.25, 0.3) is 0 Å². The number of hydrogen-bond acceptors (Lipinski definition) is 6. The van der Waals surface area contributed by atoms with Gasteiger partial charge in [0.05, 0.1) is 19.9 Å². The van der Waals surface area contributed by atoms with Gasteiger partial charge in [-0.15, -0.1) is 0 Å². The predicted molar refractivity (Wildman–Crippen MR) is 108 cm³/mol. The van der Waals surface area contributed by atoms with E-state index in [0.717, 1.165) is 0 Å². The van der Waals surface area contributed by atoms with Crippen molar-refractivity contribution in [3.05, 3.63) is 52.3 Å². The number of fused-ring (bicyclic) bond motifs is 3. The van der Waals surface area contributed by atoms with Crippen LogP contribution in [0.3, 0.4) is 0 Å². The largest absolute Gasteiger partial charge is 0.493 e. The molecule has 28 heavy (non-hydrogen) atoms. The Morgan fingerprint density at radius 2 is 1.96 bits per heavy atom. The number of methoxy groups -OCH3 is 2. The molecular formula is C19H15ClFN3O3S. The molecule has 0 saturated heterocycles. The Bertz CT molecular complexity index is 1020. The molecule has 2 heterocycles. The first-order chi connectivity index (χ1) is 13.5. The van der Waals surface area contributed by atoms with Gasteiger partial charge in [0.15, 0.2) is 16.7 Å². The minimum atomic E-state index is -0.380. The number of rotatable bonds is 4. The number of amidine groups is 2. The van der Waals surface area contributed by atoms with Gasteiger partial charge in [-0.2, -0.15) is 4.99 Å². The second-order valence-electron chi connectivity index (χ2n) is 6.02. The number of ether oxygens (including phenoxy) is 2. The Labute approximate surface area is 170 Å². The van der Waals surface area contributed by atoms with Crippen LogP contribution in [0, 0.1) is 5.82 Å². The van der Waals surface area contributed by atoms with E-state index in [1.54, 1.807) is 29.2 Å². The molecule has 4 rings (SSSR count). The van der Waals surface area contributed by atoms with Crippen LogP contribution in [-0.2, 0) is 10.5 Å². The first-order valence-corrected chi connectivity index (χ1v) is 9.68. The summed E-state index contributed by atoms with van der Waals surface area (Å²) in [6, 6.07) is 8.04. The first kappa shape index (κ1) is 18.8. The standard InChI is InChI=1S/C19H15ClFN3O3S/c1-26-15-6-10-14(7-16(15)27-2)22-19(24-8-17(25)23-18(10)24)28-9-11-12(20)4-3-5-13(11)21/h3-7H,8-9H2,1-2H3. The molecule has 144 valence electrons. The average molecular weight is 420 g/mol. The molecule has 9 heteroatoms. The highest BCUT2D eigenvalue weighted by Crippen LogP contribution is 2.40. The number of nitrogens with zero attached hydrogens (tertiary/aromatic N) is 3. The van der Waals surface area contributed by atoms with Crippen LogP contribution in [0.5, 0.6) is 11.5 Å². The van der Waals surface area contributed by atoms with Crippen LogP contribution in [-0.4, -0.2) is 42.6 Å². The lowest BCUT2D eigenvalue weighted by Gasteiger charge is -2.27. The third-order valence-corrected chi connectivity index (χ3v) is 5.73. The summed E-state index contributed by atoms with van der Waals surface area (Å²) in [4.78, 5) is 22.5. The summed E-state index contributed by atoms with van der Waals surface area (Å²) >= 11 is 7.41. The number of benzene rings is 2. The normalized spacial score (nSPS) is 15.0. The highest BCUT2D eigenvalue weighted by molar-refractivity contribution is 8.13. The number of thioether (sulfide) groups is 1. The number of carbonyl (C=O) groups excluding carboxylic acids is 1. The number of amides is 1. The SMILES string of the molecule is COc1cc2c(cc1OC)C1=NC(=O)CN1C(SCc1c(F)cccc1Cl)=N2. The van der Waals surface area contributed by atoms with Crippen molar-refractivity contribution >= 4 is 46.0 Å². The molecule has 2 aliphatic rings. The van der Waals surface area contributed by atoms with Gasteiger partial charge in [-0.3, -0.25) is 9.69 Å². The Morgan fingerprint density at radius 1 is 1.21 bits per heavy atom. The topological polar surface area (TPSA) is 63.5 Å². The van der Waals surface area contributed by atoms with Crippen molar-refractivity contribution in [3.8, 4) is 11.5 Å². The van der Waals surface area contributed by atoms with Crippen LogP contribution in [0.4, 0.5) is 10.1 Å². The zero-order valence-corrected chi connectivity index (χ0v) is 16.6. The van der Waals surface area contributed by atoms with Crippen molar-refractivity contribution in [1.29, 1.82) is 0 Å². The minimum absolute atomic E-state index is 0.0833. The summed E-state index contributed by atoms with van der Waals surface area (Å²) in [7, 11) is 3.07. The molecule has 0 saturated carbocycles. The van der Waals surface area contributed by atoms with Crippen molar-refractivity contribution in [2.24, 2.45) is 9.98 Å².